The topological polar surface area (TPSA) is 69.0 Å². The zero-order valence-electron chi connectivity index (χ0n) is 20.0. The molecule has 3 aromatic carbocycles. The molecule has 5 rings (SSSR count). The van der Waals surface area contributed by atoms with Crippen molar-refractivity contribution in [2.45, 2.75) is 20.4 Å². The van der Waals surface area contributed by atoms with Crippen LogP contribution in [-0.4, -0.2) is 27.3 Å². The molecule has 0 aliphatic rings. The zero-order chi connectivity index (χ0) is 25.1. The predicted molar refractivity (Wildman–Crippen MR) is 138 cm³/mol. The third-order valence-electron chi connectivity index (χ3n) is 6.03. The average molecular weight is 481 g/mol. The molecule has 0 saturated heterocycles. The molecule has 36 heavy (non-hydrogen) atoms. The van der Waals surface area contributed by atoms with Gasteiger partial charge in [-0.25, -0.2) is 14.1 Å². The molecule has 7 heteroatoms. The molecule has 6 nitrogen and oxygen atoms in total. The van der Waals surface area contributed by atoms with Crippen LogP contribution in [0.4, 0.5) is 4.39 Å². The first kappa shape index (κ1) is 23.2. The highest BCUT2D eigenvalue weighted by molar-refractivity contribution is 6.07. The number of rotatable bonds is 7. The van der Waals surface area contributed by atoms with E-state index >= 15 is 0 Å². The number of carbonyl (C=O) groups is 1. The van der Waals surface area contributed by atoms with E-state index in [9.17, 15) is 9.18 Å². The number of carbonyl (C=O) groups excluding carboxylic acids is 1. The number of benzene rings is 3. The highest BCUT2D eigenvalue weighted by Gasteiger charge is 2.18. The molecule has 2 heterocycles. The lowest BCUT2D eigenvalue weighted by molar-refractivity contribution is 0.0952. The summed E-state index contributed by atoms with van der Waals surface area (Å²) in [5.41, 5.74) is 5.15. The Hall–Kier alpha value is -4.52. The van der Waals surface area contributed by atoms with Crippen LogP contribution >= 0.6 is 0 Å². The lowest BCUT2D eigenvalue weighted by atomic mass is 10.0. The van der Waals surface area contributed by atoms with E-state index < -0.39 is 0 Å². The van der Waals surface area contributed by atoms with Crippen LogP contribution < -0.4 is 10.1 Å². The van der Waals surface area contributed by atoms with Gasteiger partial charge in [-0.15, -0.1) is 0 Å². The second-order valence-electron chi connectivity index (χ2n) is 8.33. The Labute approximate surface area is 208 Å². The van der Waals surface area contributed by atoms with E-state index in [4.69, 9.17) is 9.72 Å². The van der Waals surface area contributed by atoms with Crippen LogP contribution in [-0.2, 0) is 6.54 Å². The van der Waals surface area contributed by atoms with Crippen molar-refractivity contribution in [2.75, 3.05) is 6.61 Å². The van der Waals surface area contributed by atoms with Gasteiger partial charge < -0.3 is 10.1 Å². The average Bonchev–Trinajstić information content (AvgIpc) is 3.29. The fourth-order valence-electron chi connectivity index (χ4n) is 4.22. The number of para-hydroxylation sites is 2. The number of hydrogen-bond acceptors (Lipinski definition) is 4. The summed E-state index contributed by atoms with van der Waals surface area (Å²) in [6.45, 7) is 4.74. The van der Waals surface area contributed by atoms with Crippen molar-refractivity contribution in [3.05, 3.63) is 108 Å². The maximum atomic E-state index is 13.4. The van der Waals surface area contributed by atoms with Gasteiger partial charge in [0.05, 0.1) is 41.0 Å². The molecule has 0 spiro atoms. The Bertz CT molecular complexity index is 1540. The first-order valence-corrected chi connectivity index (χ1v) is 11.7. The number of nitrogens with one attached hydrogen (secondary N) is 1. The van der Waals surface area contributed by atoms with Gasteiger partial charge in [0.25, 0.3) is 5.91 Å². The van der Waals surface area contributed by atoms with Gasteiger partial charge in [-0.3, -0.25) is 4.79 Å². The monoisotopic (exact) mass is 480 g/mol. The highest BCUT2D eigenvalue weighted by atomic mass is 19.1. The lowest BCUT2D eigenvalue weighted by Gasteiger charge is -2.13. The molecule has 0 radical (unpaired) electrons. The molecule has 1 amide bonds. The number of fused-ring (bicyclic) bond motifs is 1. The second kappa shape index (κ2) is 10.00. The molecule has 2 aromatic heterocycles. The molecule has 5 aromatic rings. The van der Waals surface area contributed by atoms with Gasteiger partial charge >= 0.3 is 0 Å². The SMILES string of the molecule is CCOc1ccccc1CNC(=O)c1cc(-c2cnn(-c3ccc(F)cc3)c2C)nc2ccccc12. The third-order valence-corrected chi connectivity index (χ3v) is 6.03. The third kappa shape index (κ3) is 4.55. The second-order valence-corrected chi connectivity index (χ2v) is 8.33. The summed E-state index contributed by atoms with van der Waals surface area (Å²) in [4.78, 5) is 18.2. The van der Waals surface area contributed by atoms with Crippen LogP contribution in [0.25, 0.3) is 27.8 Å². The number of pyridine rings is 1. The van der Waals surface area contributed by atoms with E-state index in [-0.39, 0.29) is 11.7 Å². The Morgan fingerprint density at radius 1 is 1.03 bits per heavy atom. The number of amides is 1. The van der Waals surface area contributed by atoms with Gasteiger partial charge in [0, 0.05) is 23.1 Å². The van der Waals surface area contributed by atoms with Crippen molar-refractivity contribution in [1.29, 1.82) is 0 Å². The molecule has 0 aliphatic carbocycles. The molecule has 180 valence electrons. The van der Waals surface area contributed by atoms with Crippen molar-refractivity contribution >= 4 is 16.8 Å². The van der Waals surface area contributed by atoms with Crippen molar-refractivity contribution in [1.82, 2.24) is 20.1 Å². The van der Waals surface area contributed by atoms with Crippen LogP contribution in [0.3, 0.4) is 0 Å². The molecule has 0 saturated carbocycles. The van der Waals surface area contributed by atoms with Crippen LogP contribution in [0.2, 0.25) is 0 Å². The van der Waals surface area contributed by atoms with Crippen molar-refractivity contribution in [2.24, 2.45) is 0 Å². The largest absolute Gasteiger partial charge is 0.494 e. The van der Waals surface area contributed by atoms with Gasteiger partial charge in [0.15, 0.2) is 0 Å². The molecular weight excluding hydrogens is 455 g/mol. The Morgan fingerprint density at radius 2 is 1.78 bits per heavy atom. The van der Waals surface area contributed by atoms with Crippen LogP contribution in [0.5, 0.6) is 5.75 Å². The smallest absolute Gasteiger partial charge is 0.252 e. The van der Waals surface area contributed by atoms with Gasteiger partial charge in [-0.2, -0.15) is 5.10 Å². The van der Waals surface area contributed by atoms with Gasteiger partial charge in [-0.1, -0.05) is 36.4 Å². The molecule has 0 fully saturated rings. The summed E-state index contributed by atoms with van der Waals surface area (Å²) in [6.07, 6.45) is 1.72. The molecule has 0 bridgehead atoms. The molecule has 0 atom stereocenters. The molecular formula is C29H25FN4O2. The maximum absolute atomic E-state index is 13.4. The van der Waals surface area contributed by atoms with E-state index in [1.54, 1.807) is 29.1 Å². The molecule has 0 aliphatic heterocycles. The number of hydrogen-bond donors (Lipinski definition) is 1. The maximum Gasteiger partial charge on any atom is 0.252 e. The summed E-state index contributed by atoms with van der Waals surface area (Å²) >= 11 is 0. The zero-order valence-corrected chi connectivity index (χ0v) is 20.0. The van der Waals surface area contributed by atoms with E-state index in [0.717, 1.165) is 33.6 Å². The summed E-state index contributed by atoms with van der Waals surface area (Å²) < 4.78 is 20.8. The first-order valence-electron chi connectivity index (χ1n) is 11.7. The summed E-state index contributed by atoms with van der Waals surface area (Å²) in [5, 5.41) is 8.29. The Kier molecular flexibility index (Phi) is 6.45. The van der Waals surface area contributed by atoms with Crippen LogP contribution in [0, 0.1) is 12.7 Å². The van der Waals surface area contributed by atoms with Crippen molar-refractivity contribution < 1.29 is 13.9 Å². The van der Waals surface area contributed by atoms with Gasteiger partial charge in [0.1, 0.15) is 11.6 Å². The van der Waals surface area contributed by atoms with E-state index in [1.165, 1.54) is 12.1 Å². The first-order chi connectivity index (χ1) is 17.5. The van der Waals surface area contributed by atoms with Crippen LogP contribution in [0.1, 0.15) is 28.5 Å². The predicted octanol–water partition coefficient (Wildman–Crippen LogP) is 5.86. The van der Waals surface area contributed by atoms with Gasteiger partial charge in [-0.05, 0) is 56.3 Å². The fraction of sp³-hybridized carbons (Fsp3) is 0.138. The van der Waals surface area contributed by atoms with Crippen LogP contribution in [0.15, 0.2) is 85.1 Å². The van der Waals surface area contributed by atoms with E-state index in [2.05, 4.69) is 10.4 Å². The number of aromatic nitrogens is 3. The fourth-order valence-corrected chi connectivity index (χ4v) is 4.22. The highest BCUT2D eigenvalue weighted by Crippen LogP contribution is 2.28. The minimum absolute atomic E-state index is 0.204. The number of halogens is 1. The van der Waals surface area contributed by atoms with E-state index in [1.807, 2.05) is 62.4 Å². The Balaban J connectivity index is 1.50. The van der Waals surface area contributed by atoms with Crippen molar-refractivity contribution in [3.63, 3.8) is 0 Å². The number of ether oxygens (including phenoxy) is 1. The standard InChI is InChI=1S/C29H25FN4O2/c1-3-36-28-11-7-4-8-20(28)17-31-29(35)24-16-27(33-26-10-6-5-9-23(24)26)25-18-32-34(19(25)2)22-14-12-21(30)13-15-22/h4-16,18H,3,17H2,1-2H3,(H,31,35). The summed E-state index contributed by atoms with van der Waals surface area (Å²) in [7, 11) is 0. The Morgan fingerprint density at radius 3 is 2.58 bits per heavy atom. The van der Waals surface area contributed by atoms with Crippen molar-refractivity contribution in [3.8, 4) is 22.7 Å². The quantitative estimate of drug-likeness (QED) is 0.317. The lowest BCUT2D eigenvalue weighted by Crippen LogP contribution is -2.23. The molecule has 0 unspecified atom stereocenters. The normalized spacial score (nSPS) is 11.0. The minimum atomic E-state index is -0.306. The summed E-state index contributed by atoms with van der Waals surface area (Å²) in [6, 6.07) is 23.2. The summed E-state index contributed by atoms with van der Waals surface area (Å²) in [5.74, 6) is 0.244. The number of nitrogens with zero attached hydrogens (tertiary/aromatic N) is 3. The molecule has 1 N–H and O–H groups in total. The minimum Gasteiger partial charge on any atom is -0.494 e. The van der Waals surface area contributed by atoms with Gasteiger partial charge in [0.2, 0.25) is 0 Å². The van der Waals surface area contributed by atoms with E-state index in [0.29, 0.717) is 29.9 Å².